The maximum absolute atomic E-state index is 5.88. The topological polar surface area (TPSA) is 9.23 Å². The quantitative estimate of drug-likeness (QED) is 0.531. The summed E-state index contributed by atoms with van der Waals surface area (Å²) in [6.45, 7) is 3.05. The first-order valence-corrected chi connectivity index (χ1v) is 7.09. The summed E-state index contributed by atoms with van der Waals surface area (Å²) in [6, 6.07) is 7.60. The molecule has 2 heteroatoms. The molecule has 0 aromatic heterocycles. The van der Waals surface area contributed by atoms with Gasteiger partial charge in [0, 0.05) is 5.02 Å². The van der Waals surface area contributed by atoms with Crippen molar-refractivity contribution < 1.29 is 4.74 Å². The molecule has 0 spiro atoms. The molecule has 0 aliphatic carbocycles. The Labute approximate surface area is 110 Å². The van der Waals surface area contributed by atoms with Gasteiger partial charge in [0.2, 0.25) is 0 Å². The van der Waals surface area contributed by atoms with E-state index >= 15 is 0 Å². The van der Waals surface area contributed by atoms with Gasteiger partial charge in [0.1, 0.15) is 5.75 Å². The number of hydrogen-bond donors (Lipinski definition) is 0. The highest BCUT2D eigenvalue weighted by Crippen LogP contribution is 2.17. The largest absolute Gasteiger partial charge is 0.494 e. The van der Waals surface area contributed by atoms with Crippen molar-refractivity contribution in [3.63, 3.8) is 0 Å². The first-order chi connectivity index (χ1) is 8.33. The molecule has 0 amide bonds. The Morgan fingerprint density at radius 2 is 1.71 bits per heavy atom. The number of unbranched alkanes of at least 4 members (excludes halogenated alkanes) is 6. The van der Waals surface area contributed by atoms with E-state index in [-0.39, 0.29) is 0 Å². The molecule has 0 heterocycles. The number of benzene rings is 1. The monoisotopic (exact) mass is 254 g/mol. The van der Waals surface area contributed by atoms with Gasteiger partial charge < -0.3 is 4.74 Å². The van der Waals surface area contributed by atoms with E-state index in [0.29, 0.717) is 0 Å². The van der Waals surface area contributed by atoms with Crippen LogP contribution in [0.25, 0.3) is 0 Å². The van der Waals surface area contributed by atoms with E-state index in [2.05, 4.69) is 6.92 Å². The van der Waals surface area contributed by atoms with E-state index in [0.717, 1.165) is 23.8 Å². The summed E-state index contributed by atoms with van der Waals surface area (Å²) >= 11 is 5.88. The smallest absolute Gasteiger partial charge is 0.120 e. The normalized spacial score (nSPS) is 10.5. The van der Waals surface area contributed by atoms with Gasteiger partial charge in [0.15, 0.2) is 0 Å². The summed E-state index contributed by atoms with van der Waals surface area (Å²) in [5.41, 5.74) is 0. The molecule has 0 unspecified atom stereocenters. The van der Waals surface area contributed by atoms with E-state index in [1.807, 2.05) is 24.3 Å². The summed E-state index contributed by atoms with van der Waals surface area (Å²) < 4.78 is 5.63. The predicted molar refractivity (Wildman–Crippen MR) is 74.9 cm³/mol. The average Bonchev–Trinajstić information content (AvgIpc) is 2.33. The van der Waals surface area contributed by atoms with Crippen molar-refractivity contribution in [1.82, 2.24) is 0 Å². The minimum absolute atomic E-state index is 0.738. The lowest BCUT2D eigenvalue weighted by Crippen LogP contribution is -1.97. The van der Waals surface area contributed by atoms with E-state index in [4.69, 9.17) is 16.3 Å². The Morgan fingerprint density at radius 1 is 1.00 bits per heavy atom. The highest BCUT2D eigenvalue weighted by molar-refractivity contribution is 6.30. The molecule has 0 fully saturated rings. The van der Waals surface area contributed by atoms with Crippen LogP contribution in [0.3, 0.4) is 0 Å². The van der Waals surface area contributed by atoms with Gasteiger partial charge in [-0.3, -0.25) is 0 Å². The molecule has 1 nitrogen and oxygen atoms in total. The molecule has 0 atom stereocenters. The van der Waals surface area contributed by atoms with Gasteiger partial charge in [-0.2, -0.15) is 0 Å². The molecular formula is C15H23ClO. The summed E-state index contributed by atoms with van der Waals surface area (Å²) in [4.78, 5) is 0. The maximum atomic E-state index is 5.88. The van der Waals surface area contributed by atoms with Crippen LogP contribution < -0.4 is 4.74 Å². The van der Waals surface area contributed by atoms with Crippen LogP contribution in [-0.2, 0) is 0 Å². The zero-order valence-corrected chi connectivity index (χ0v) is 11.5. The van der Waals surface area contributed by atoms with Crippen LogP contribution in [0, 0.1) is 0 Å². The Hall–Kier alpha value is -0.690. The SMILES string of the molecule is CCCCCCCCCOc1cccc(Cl)c1. The third-order valence-corrected chi connectivity index (χ3v) is 3.05. The third-order valence-electron chi connectivity index (χ3n) is 2.81. The molecule has 0 saturated heterocycles. The first-order valence-electron chi connectivity index (χ1n) is 6.71. The van der Waals surface area contributed by atoms with Gasteiger partial charge in [-0.1, -0.05) is 63.1 Å². The summed E-state index contributed by atoms with van der Waals surface area (Å²) in [7, 11) is 0. The molecule has 1 aromatic rings. The Kier molecular flexibility index (Phi) is 7.91. The Balaban J connectivity index is 1.97. The Morgan fingerprint density at radius 3 is 2.41 bits per heavy atom. The van der Waals surface area contributed by atoms with Gasteiger partial charge >= 0.3 is 0 Å². The molecule has 0 saturated carbocycles. The van der Waals surface area contributed by atoms with Crippen molar-refractivity contribution in [2.45, 2.75) is 51.9 Å². The van der Waals surface area contributed by atoms with Crippen molar-refractivity contribution in [1.29, 1.82) is 0 Å². The second-order valence-electron chi connectivity index (χ2n) is 4.43. The summed E-state index contributed by atoms with van der Waals surface area (Å²) in [6.07, 6.45) is 9.18. The zero-order chi connectivity index (χ0) is 12.3. The van der Waals surface area contributed by atoms with Crippen molar-refractivity contribution in [2.75, 3.05) is 6.61 Å². The number of hydrogen-bond acceptors (Lipinski definition) is 1. The fourth-order valence-corrected chi connectivity index (χ4v) is 1.99. The van der Waals surface area contributed by atoms with Crippen molar-refractivity contribution in [2.24, 2.45) is 0 Å². The van der Waals surface area contributed by atoms with Crippen LogP contribution in [-0.4, -0.2) is 6.61 Å². The molecule has 1 aromatic carbocycles. The van der Waals surface area contributed by atoms with Crippen LogP contribution >= 0.6 is 11.6 Å². The predicted octanol–water partition coefficient (Wildman–Crippen LogP) is 5.47. The van der Waals surface area contributed by atoms with Gasteiger partial charge in [-0.15, -0.1) is 0 Å². The molecule has 0 N–H and O–H groups in total. The number of halogens is 1. The van der Waals surface area contributed by atoms with Crippen LogP contribution in [0.5, 0.6) is 5.75 Å². The van der Waals surface area contributed by atoms with E-state index in [9.17, 15) is 0 Å². The fourth-order valence-electron chi connectivity index (χ4n) is 1.81. The first kappa shape index (κ1) is 14.4. The molecule has 0 aliphatic rings. The second-order valence-corrected chi connectivity index (χ2v) is 4.86. The van der Waals surface area contributed by atoms with E-state index in [1.54, 1.807) is 0 Å². The van der Waals surface area contributed by atoms with Crippen molar-refractivity contribution >= 4 is 11.6 Å². The maximum Gasteiger partial charge on any atom is 0.120 e. The minimum Gasteiger partial charge on any atom is -0.494 e. The molecule has 96 valence electrons. The number of rotatable bonds is 9. The second kappa shape index (κ2) is 9.35. The number of ether oxygens (including phenoxy) is 1. The average molecular weight is 255 g/mol. The summed E-state index contributed by atoms with van der Waals surface area (Å²) in [5.74, 6) is 0.878. The van der Waals surface area contributed by atoms with Crippen molar-refractivity contribution in [3.8, 4) is 5.75 Å². The minimum atomic E-state index is 0.738. The molecule has 0 radical (unpaired) electrons. The molecule has 17 heavy (non-hydrogen) atoms. The Bertz CT molecular complexity index is 299. The molecule has 0 aliphatic heterocycles. The van der Waals surface area contributed by atoms with Crippen LogP contribution in [0.15, 0.2) is 24.3 Å². The van der Waals surface area contributed by atoms with Crippen LogP contribution in [0.4, 0.5) is 0 Å². The van der Waals surface area contributed by atoms with Gasteiger partial charge in [0.05, 0.1) is 6.61 Å². The molecule has 1 rings (SSSR count). The van der Waals surface area contributed by atoms with Gasteiger partial charge in [-0.05, 0) is 24.6 Å². The lowest BCUT2D eigenvalue weighted by atomic mass is 10.1. The molecular weight excluding hydrogens is 232 g/mol. The third kappa shape index (κ3) is 7.27. The van der Waals surface area contributed by atoms with Crippen LogP contribution in [0.1, 0.15) is 51.9 Å². The van der Waals surface area contributed by atoms with Crippen LogP contribution in [0.2, 0.25) is 5.02 Å². The lowest BCUT2D eigenvalue weighted by Gasteiger charge is -2.06. The zero-order valence-electron chi connectivity index (χ0n) is 10.8. The highest BCUT2D eigenvalue weighted by atomic mass is 35.5. The fraction of sp³-hybridized carbons (Fsp3) is 0.600. The van der Waals surface area contributed by atoms with E-state index < -0.39 is 0 Å². The molecule has 0 bridgehead atoms. The highest BCUT2D eigenvalue weighted by Gasteiger charge is 1.95. The van der Waals surface area contributed by atoms with Gasteiger partial charge in [-0.25, -0.2) is 0 Å². The standard InChI is InChI=1S/C15H23ClO/c1-2-3-4-5-6-7-8-12-17-15-11-9-10-14(16)13-15/h9-11,13H,2-8,12H2,1H3. The van der Waals surface area contributed by atoms with Crippen molar-refractivity contribution in [3.05, 3.63) is 29.3 Å². The lowest BCUT2D eigenvalue weighted by molar-refractivity contribution is 0.304. The van der Waals surface area contributed by atoms with E-state index in [1.165, 1.54) is 38.5 Å². The summed E-state index contributed by atoms with van der Waals surface area (Å²) in [5, 5.41) is 0.738. The van der Waals surface area contributed by atoms with Gasteiger partial charge in [0.25, 0.3) is 0 Å².